The third-order valence-electron chi connectivity index (χ3n) is 3.74. The number of amides is 1. The topological polar surface area (TPSA) is 72.2 Å². The minimum atomic E-state index is -0.870. The van der Waals surface area contributed by atoms with E-state index >= 15 is 0 Å². The van der Waals surface area contributed by atoms with E-state index < -0.39 is 16.6 Å². The number of rotatable bonds is 4. The molecule has 1 fully saturated rings. The van der Waals surface area contributed by atoms with Gasteiger partial charge in [-0.2, -0.15) is 0 Å². The van der Waals surface area contributed by atoms with Gasteiger partial charge >= 0.3 is 0 Å². The second-order valence-corrected chi connectivity index (χ2v) is 6.54. The number of hydrogen-bond acceptors (Lipinski definition) is 3. The molecule has 1 aromatic rings. The molecular weight excluding hydrogens is 343 g/mol. The van der Waals surface area contributed by atoms with Crippen molar-refractivity contribution in [2.75, 3.05) is 6.54 Å². The van der Waals surface area contributed by atoms with Crippen molar-refractivity contribution >= 4 is 27.5 Å². The molecule has 1 aliphatic carbocycles. The Morgan fingerprint density at radius 1 is 1.38 bits per heavy atom. The van der Waals surface area contributed by atoms with Gasteiger partial charge in [-0.3, -0.25) is 14.9 Å². The molecule has 0 saturated heterocycles. The summed E-state index contributed by atoms with van der Waals surface area (Å²) in [4.78, 5) is 22.3. The van der Waals surface area contributed by atoms with Crippen LogP contribution in [0.15, 0.2) is 18.2 Å². The predicted octanol–water partition coefficient (Wildman–Crippen LogP) is 3.42. The molecule has 0 aromatic heterocycles. The number of nitro groups is 1. The summed E-state index contributed by atoms with van der Waals surface area (Å²) < 4.78 is 13.7. The lowest BCUT2D eigenvalue weighted by atomic mass is 9.89. The van der Waals surface area contributed by atoms with Crippen molar-refractivity contribution in [1.29, 1.82) is 0 Å². The largest absolute Gasteiger partial charge is 0.352 e. The van der Waals surface area contributed by atoms with E-state index in [9.17, 15) is 19.3 Å². The van der Waals surface area contributed by atoms with Gasteiger partial charge in [0.05, 0.1) is 16.6 Å². The van der Waals surface area contributed by atoms with Crippen LogP contribution in [-0.4, -0.2) is 22.2 Å². The molecule has 0 unspecified atom stereocenters. The van der Waals surface area contributed by atoms with Gasteiger partial charge in [0.2, 0.25) is 0 Å². The van der Waals surface area contributed by atoms with Crippen molar-refractivity contribution in [3.63, 3.8) is 0 Å². The highest BCUT2D eigenvalue weighted by Gasteiger charge is 2.21. The molecule has 1 amide bonds. The van der Waals surface area contributed by atoms with Gasteiger partial charge in [0.1, 0.15) is 5.82 Å². The highest BCUT2D eigenvalue weighted by Crippen LogP contribution is 2.28. The molecule has 1 saturated carbocycles. The van der Waals surface area contributed by atoms with Crippen LogP contribution in [0.1, 0.15) is 36.0 Å². The maximum atomic E-state index is 13.7. The third kappa shape index (κ3) is 4.23. The average Bonchev–Trinajstić information content (AvgIpc) is 2.46. The highest BCUT2D eigenvalue weighted by molar-refractivity contribution is 9.09. The molecule has 0 heterocycles. The van der Waals surface area contributed by atoms with Crippen LogP contribution in [-0.2, 0) is 0 Å². The molecule has 0 radical (unpaired) electrons. The van der Waals surface area contributed by atoms with Crippen LogP contribution in [0.5, 0.6) is 0 Å². The quantitative estimate of drug-likeness (QED) is 0.509. The Morgan fingerprint density at radius 3 is 2.62 bits per heavy atom. The van der Waals surface area contributed by atoms with Crippen molar-refractivity contribution in [3.8, 4) is 0 Å². The molecular formula is C14H16BrFN2O3. The zero-order valence-electron chi connectivity index (χ0n) is 11.4. The fourth-order valence-electron chi connectivity index (χ4n) is 2.46. The maximum Gasteiger partial charge on any atom is 0.272 e. The van der Waals surface area contributed by atoms with Crippen molar-refractivity contribution in [2.45, 2.75) is 30.5 Å². The number of alkyl halides is 1. The summed E-state index contributed by atoms with van der Waals surface area (Å²) in [7, 11) is 0. The van der Waals surface area contributed by atoms with E-state index in [1.54, 1.807) is 0 Å². The Kier molecular flexibility index (Phi) is 5.27. The highest BCUT2D eigenvalue weighted by atomic mass is 79.9. The van der Waals surface area contributed by atoms with E-state index in [4.69, 9.17) is 0 Å². The van der Waals surface area contributed by atoms with Crippen LogP contribution in [0.25, 0.3) is 0 Å². The van der Waals surface area contributed by atoms with Crippen molar-refractivity contribution in [1.82, 2.24) is 5.32 Å². The van der Waals surface area contributed by atoms with E-state index in [1.165, 1.54) is 0 Å². The fourth-order valence-corrected chi connectivity index (χ4v) is 2.99. The summed E-state index contributed by atoms with van der Waals surface area (Å²) in [6, 6.07) is 3.05. The molecule has 0 bridgehead atoms. The number of nitrogens with one attached hydrogen (secondary N) is 1. The molecule has 2 rings (SSSR count). The van der Waals surface area contributed by atoms with Crippen LogP contribution >= 0.6 is 15.9 Å². The normalized spacial score (nSPS) is 21.8. The standard InChI is InChI=1S/C14H16BrFN2O3/c15-10-3-1-9(2-4-10)8-17-14(19)12-6-5-11(18(20)21)7-13(12)16/h5-7,9-10H,1-4,8H2,(H,17,19). The van der Waals surface area contributed by atoms with E-state index in [-0.39, 0.29) is 11.3 Å². The minimum Gasteiger partial charge on any atom is -0.352 e. The van der Waals surface area contributed by atoms with Crippen molar-refractivity contribution in [2.24, 2.45) is 5.92 Å². The molecule has 7 heteroatoms. The van der Waals surface area contributed by atoms with Gasteiger partial charge in [0.25, 0.3) is 11.6 Å². The lowest BCUT2D eigenvalue weighted by Crippen LogP contribution is -2.31. The summed E-state index contributed by atoms with van der Waals surface area (Å²) in [6.07, 6.45) is 4.21. The Hall–Kier alpha value is -1.50. The number of nitrogens with zero attached hydrogens (tertiary/aromatic N) is 1. The zero-order chi connectivity index (χ0) is 15.4. The van der Waals surface area contributed by atoms with Gasteiger partial charge in [-0.15, -0.1) is 0 Å². The number of hydrogen-bond donors (Lipinski definition) is 1. The lowest BCUT2D eigenvalue weighted by molar-refractivity contribution is -0.385. The zero-order valence-corrected chi connectivity index (χ0v) is 12.9. The molecule has 114 valence electrons. The van der Waals surface area contributed by atoms with E-state index in [0.29, 0.717) is 17.3 Å². The van der Waals surface area contributed by atoms with E-state index in [0.717, 1.165) is 43.9 Å². The number of carbonyl (C=O) groups excluding carboxylic acids is 1. The lowest BCUT2D eigenvalue weighted by Gasteiger charge is -2.25. The first-order valence-corrected chi connectivity index (χ1v) is 7.75. The van der Waals surface area contributed by atoms with Crippen molar-refractivity contribution < 1.29 is 14.1 Å². The molecule has 1 aromatic carbocycles. The van der Waals surface area contributed by atoms with E-state index in [2.05, 4.69) is 21.2 Å². The smallest absolute Gasteiger partial charge is 0.272 e. The first-order chi connectivity index (χ1) is 9.97. The summed E-state index contributed by atoms with van der Waals surface area (Å²) in [5.41, 5.74) is -0.519. The molecule has 5 nitrogen and oxygen atoms in total. The molecule has 0 atom stereocenters. The Morgan fingerprint density at radius 2 is 2.05 bits per heavy atom. The Bertz CT molecular complexity index is 545. The van der Waals surface area contributed by atoms with Gasteiger partial charge in [-0.1, -0.05) is 15.9 Å². The summed E-state index contributed by atoms with van der Waals surface area (Å²) in [5, 5.41) is 13.2. The second kappa shape index (κ2) is 6.98. The van der Waals surface area contributed by atoms with Gasteiger partial charge in [0.15, 0.2) is 0 Å². The van der Waals surface area contributed by atoms with Crippen LogP contribution in [0.2, 0.25) is 0 Å². The number of non-ortho nitro benzene ring substituents is 1. The predicted molar refractivity (Wildman–Crippen MR) is 80.1 cm³/mol. The van der Waals surface area contributed by atoms with Gasteiger partial charge in [-0.05, 0) is 37.7 Å². The van der Waals surface area contributed by atoms with Crippen LogP contribution in [0, 0.1) is 21.8 Å². The summed E-state index contributed by atoms with van der Waals surface area (Å²) in [5.74, 6) is -0.988. The van der Waals surface area contributed by atoms with Gasteiger partial charge < -0.3 is 5.32 Å². The average molecular weight is 359 g/mol. The third-order valence-corrected chi connectivity index (χ3v) is 4.65. The fraction of sp³-hybridized carbons (Fsp3) is 0.500. The first kappa shape index (κ1) is 15.9. The first-order valence-electron chi connectivity index (χ1n) is 6.83. The van der Waals surface area contributed by atoms with Gasteiger partial charge in [-0.25, -0.2) is 4.39 Å². The van der Waals surface area contributed by atoms with Crippen molar-refractivity contribution in [3.05, 3.63) is 39.7 Å². The number of carbonyl (C=O) groups is 1. The monoisotopic (exact) mass is 358 g/mol. The Labute approximate surface area is 130 Å². The van der Waals surface area contributed by atoms with Crippen LogP contribution in [0.3, 0.4) is 0 Å². The SMILES string of the molecule is O=C(NCC1CCC(Br)CC1)c1ccc([N+](=O)[O-])cc1F. The maximum absolute atomic E-state index is 13.7. The molecule has 0 spiro atoms. The molecule has 1 aliphatic rings. The summed E-state index contributed by atoms with van der Waals surface area (Å²) >= 11 is 3.57. The number of halogens is 2. The van der Waals surface area contributed by atoms with Crippen LogP contribution in [0.4, 0.5) is 10.1 Å². The minimum absolute atomic E-state index is 0.158. The molecule has 21 heavy (non-hydrogen) atoms. The second-order valence-electron chi connectivity index (χ2n) is 5.25. The molecule has 1 N–H and O–H groups in total. The Balaban J connectivity index is 1.93. The van der Waals surface area contributed by atoms with Crippen LogP contribution < -0.4 is 5.32 Å². The number of nitro benzene ring substituents is 1. The number of benzene rings is 1. The van der Waals surface area contributed by atoms with E-state index in [1.807, 2.05) is 0 Å². The van der Waals surface area contributed by atoms with Gasteiger partial charge in [0, 0.05) is 17.4 Å². The summed E-state index contributed by atoms with van der Waals surface area (Å²) in [6.45, 7) is 0.509. The molecule has 0 aliphatic heterocycles.